The average molecular weight is 272 g/mol. The number of benzene rings is 1. The van der Waals surface area contributed by atoms with Crippen LogP contribution in [0.4, 0.5) is 0 Å². The number of carbonyl (C=O) groups is 1. The molecule has 0 aliphatic heterocycles. The van der Waals surface area contributed by atoms with Crippen molar-refractivity contribution in [2.75, 3.05) is 7.05 Å². The standard InChI is InChI=1S/C14H16N4O2/c1-18(17-20)9-3-5-13-11(7-9)10-6-8(14(15)19)2-4-12(10)16-13/h2,4,6,9,16H,3,5,7H2,1H3,(H2,15,19)/t9-/m1/s1. The van der Waals surface area contributed by atoms with E-state index in [-0.39, 0.29) is 6.04 Å². The normalized spacial score (nSPS) is 17.8. The van der Waals surface area contributed by atoms with E-state index in [9.17, 15) is 9.70 Å². The predicted octanol–water partition coefficient (Wildman–Crippen LogP) is 1.74. The Kier molecular flexibility index (Phi) is 2.93. The van der Waals surface area contributed by atoms with E-state index in [0.29, 0.717) is 5.56 Å². The maximum Gasteiger partial charge on any atom is 0.248 e. The monoisotopic (exact) mass is 272 g/mol. The highest BCUT2D eigenvalue weighted by Gasteiger charge is 2.25. The molecular weight excluding hydrogens is 256 g/mol. The van der Waals surface area contributed by atoms with Crippen LogP contribution in [0, 0.1) is 4.91 Å². The Morgan fingerprint density at radius 1 is 1.50 bits per heavy atom. The number of aryl methyl sites for hydroxylation is 1. The zero-order valence-corrected chi connectivity index (χ0v) is 11.2. The van der Waals surface area contributed by atoms with Crippen LogP contribution in [0.15, 0.2) is 23.5 Å². The molecule has 3 rings (SSSR count). The molecule has 0 bridgehead atoms. The number of likely N-dealkylation sites (N-methyl/N-ethyl adjacent to an activating group) is 1. The van der Waals surface area contributed by atoms with Gasteiger partial charge in [-0.15, -0.1) is 4.91 Å². The lowest BCUT2D eigenvalue weighted by atomic mass is 9.91. The molecule has 1 heterocycles. The van der Waals surface area contributed by atoms with Crippen LogP contribution in [-0.2, 0) is 12.8 Å². The number of amides is 1. The van der Waals surface area contributed by atoms with Crippen molar-refractivity contribution < 1.29 is 4.79 Å². The highest BCUT2D eigenvalue weighted by atomic mass is 16.3. The number of nitroso groups, excluding NO2 is 1. The minimum atomic E-state index is -0.430. The molecular formula is C14H16N4O2. The molecule has 104 valence electrons. The van der Waals surface area contributed by atoms with Crippen LogP contribution in [0.2, 0.25) is 0 Å². The number of hydrogen-bond acceptors (Lipinski definition) is 3. The molecule has 6 nitrogen and oxygen atoms in total. The molecule has 1 atom stereocenters. The summed E-state index contributed by atoms with van der Waals surface area (Å²) >= 11 is 0. The molecule has 2 aromatic rings. The summed E-state index contributed by atoms with van der Waals surface area (Å²) in [5.41, 5.74) is 9.18. The third kappa shape index (κ3) is 1.93. The van der Waals surface area contributed by atoms with Gasteiger partial charge in [0, 0.05) is 29.2 Å². The number of nitrogens with zero attached hydrogens (tertiary/aromatic N) is 2. The molecule has 20 heavy (non-hydrogen) atoms. The first-order valence-electron chi connectivity index (χ1n) is 6.59. The number of nitrogens with one attached hydrogen (secondary N) is 1. The first-order chi connectivity index (χ1) is 9.60. The van der Waals surface area contributed by atoms with Crippen LogP contribution >= 0.6 is 0 Å². The van der Waals surface area contributed by atoms with Gasteiger partial charge in [0.2, 0.25) is 5.91 Å². The topological polar surface area (TPSA) is 91.6 Å². The van der Waals surface area contributed by atoms with Crippen molar-refractivity contribution in [1.82, 2.24) is 9.99 Å². The maximum atomic E-state index is 11.3. The van der Waals surface area contributed by atoms with E-state index >= 15 is 0 Å². The molecule has 0 unspecified atom stereocenters. The second-order valence-corrected chi connectivity index (χ2v) is 5.26. The quantitative estimate of drug-likeness (QED) is 0.658. The van der Waals surface area contributed by atoms with Gasteiger partial charge in [-0.05, 0) is 43.0 Å². The van der Waals surface area contributed by atoms with Crippen molar-refractivity contribution in [3.8, 4) is 0 Å². The Morgan fingerprint density at radius 3 is 3.00 bits per heavy atom. The van der Waals surface area contributed by atoms with Gasteiger partial charge in [-0.3, -0.25) is 9.80 Å². The minimum Gasteiger partial charge on any atom is -0.366 e. The van der Waals surface area contributed by atoms with Crippen LogP contribution in [0.25, 0.3) is 10.9 Å². The van der Waals surface area contributed by atoms with Crippen LogP contribution in [0.1, 0.15) is 28.0 Å². The molecule has 1 aromatic heterocycles. The largest absolute Gasteiger partial charge is 0.366 e. The van der Waals surface area contributed by atoms with Gasteiger partial charge < -0.3 is 10.7 Å². The highest BCUT2D eigenvalue weighted by molar-refractivity contribution is 5.98. The van der Waals surface area contributed by atoms with E-state index < -0.39 is 5.91 Å². The number of nitrogens with two attached hydrogens (primary N) is 1. The summed E-state index contributed by atoms with van der Waals surface area (Å²) in [6, 6.07) is 5.54. The molecule has 0 spiro atoms. The number of hydrogen-bond donors (Lipinski definition) is 2. The lowest BCUT2D eigenvalue weighted by Gasteiger charge is -2.26. The third-order valence-electron chi connectivity index (χ3n) is 4.10. The number of aromatic amines is 1. The van der Waals surface area contributed by atoms with Gasteiger partial charge in [0.15, 0.2) is 0 Å². The molecule has 1 aliphatic rings. The van der Waals surface area contributed by atoms with E-state index in [1.807, 2.05) is 12.1 Å². The molecule has 0 radical (unpaired) electrons. The number of aromatic nitrogens is 1. The average Bonchev–Trinajstić information content (AvgIpc) is 2.83. The first-order valence-corrected chi connectivity index (χ1v) is 6.59. The second-order valence-electron chi connectivity index (χ2n) is 5.26. The second kappa shape index (κ2) is 4.63. The zero-order chi connectivity index (χ0) is 14.3. The summed E-state index contributed by atoms with van der Waals surface area (Å²) in [5, 5.41) is 5.48. The van der Waals surface area contributed by atoms with Crippen molar-refractivity contribution in [1.29, 1.82) is 0 Å². The number of rotatable bonds is 3. The van der Waals surface area contributed by atoms with Gasteiger partial charge in [0.25, 0.3) is 0 Å². The molecule has 1 aromatic carbocycles. The van der Waals surface area contributed by atoms with Crippen LogP contribution < -0.4 is 5.73 Å². The number of fused-ring (bicyclic) bond motifs is 3. The lowest BCUT2D eigenvalue weighted by molar-refractivity contribution is 0.100. The fraction of sp³-hybridized carbons (Fsp3) is 0.357. The van der Waals surface area contributed by atoms with Crippen molar-refractivity contribution in [3.05, 3.63) is 39.9 Å². The summed E-state index contributed by atoms with van der Waals surface area (Å²) in [4.78, 5) is 25.3. The van der Waals surface area contributed by atoms with Gasteiger partial charge in [-0.2, -0.15) is 0 Å². The fourth-order valence-corrected chi connectivity index (χ4v) is 2.94. The van der Waals surface area contributed by atoms with Crippen molar-refractivity contribution in [2.24, 2.45) is 11.0 Å². The SMILES string of the molecule is CN(N=O)[C@@H]1CCc2[nH]c3ccc(C(N)=O)cc3c2C1. The highest BCUT2D eigenvalue weighted by Crippen LogP contribution is 2.31. The molecule has 3 N–H and O–H groups in total. The van der Waals surface area contributed by atoms with Crippen molar-refractivity contribution in [2.45, 2.75) is 25.3 Å². The van der Waals surface area contributed by atoms with Crippen LogP contribution in [0.3, 0.4) is 0 Å². The lowest BCUT2D eigenvalue weighted by Crippen LogP contribution is -2.32. The Balaban J connectivity index is 2.06. The van der Waals surface area contributed by atoms with E-state index in [0.717, 1.165) is 35.7 Å². The number of primary amides is 1. The minimum absolute atomic E-state index is 0.108. The van der Waals surface area contributed by atoms with E-state index in [1.165, 1.54) is 10.7 Å². The summed E-state index contributed by atoms with van der Waals surface area (Å²) < 4.78 is 0. The molecule has 1 amide bonds. The molecule has 0 saturated carbocycles. The molecule has 0 saturated heterocycles. The van der Waals surface area contributed by atoms with Gasteiger partial charge in [-0.1, -0.05) is 0 Å². The van der Waals surface area contributed by atoms with Crippen molar-refractivity contribution in [3.63, 3.8) is 0 Å². The Morgan fingerprint density at radius 2 is 2.30 bits per heavy atom. The van der Waals surface area contributed by atoms with Gasteiger partial charge in [0.1, 0.15) is 0 Å². The van der Waals surface area contributed by atoms with Gasteiger partial charge in [-0.25, -0.2) is 0 Å². The third-order valence-corrected chi connectivity index (χ3v) is 4.10. The molecule has 0 fully saturated rings. The van der Waals surface area contributed by atoms with Crippen molar-refractivity contribution >= 4 is 16.8 Å². The van der Waals surface area contributed by atoms with Gasteiger partial charge >= 0.3 is 0 Å². The Labute approximate surface area is 115 Å². The number of carbonyl (C=O) groups excluding carboxylic acids is 1. The predicted molar refractivity (Wildman–Crippen MR) is 76.2 cm³/mol. The van der Waals surface area contributed by atoms with E-state index in [2.05, 4.69) is 10.3 Å². The maximum absolute atomic E-state index is 11.3. The Hall–Kier alpha value is -2.37. The Bertz CT molecular complexity index is 692. The first kappa shape index (κ1) is 12.7. The van der Waals surface area contributed by atoms with Crippen LogP contribution in [-0.4, -0.2) is 29.0 Å². The summed E-state index contributed by atoms with van der Waals surface area (Å²) in [6.07, 6.45) is 2.52. The molecule has 6 heteroatoms. The smallest absolute Gasteiger partial charge is 0.248 e. The van der Waals surface area contributed by atoms with Crippen LogP contribution in [0.5, 0.6) is 0 Å². The molecule has 1 aliphatic carbocycles. The number of H-pyrrole nitrogens is 1. The summed E-state index contributed by atoms with van der Waals surface area (Å²) in [5.74, 6) is -0.430. The summed E-state index contributed by atoms with van der Waals surface area (Å²) in [6.45, 7) is 0. The van der Waals surface area contributed by atoms with E-state index in [4.69, 9.17) is 5.73 Å². The fourth-order valence-electron chi connectivity index (χ4n) is 2.94. The zero-order valence-electron chi connectivity index (χ0n) is 11.2. The van der Waals surface area contributed by atoms with E-state index in [1.54, 1.807) is 13.1 Å². The van der Waals surface area contributed by atoms with Gasteiger partial charge in [0.05, 0.1) is 11.3 Å². The summed E-state index contributed by atoms with van der Waals surface area (Å²) in [7, 11) is 1.70.